The van der Waals surface area contributed by atoms with Gasteiger partial charge in [0.1, 0.15) is 0 Å². The van der Waals surface area contributed by atoms with Crippen LogP contribution in [0.2, 0.25) is 0 Å². The highest BCUT2D eigenvalue weighted by molar-refractivity contribution is 4.70. The Morgan fingerprint density at radius 2 is 1.44 bits per heavy atom. The molecule has 16 heavy (non-hydrogen) atoms. The van der Waals surface area contributed by atoms with E-state index in [0.717, 1.165) is 18.4 Å². The first-order valence-corrected chi connectivity index (χ1v) is 6.80. The number of hydrogen-bond acceptors (Lipinski definition) is 2. The van der Waals surface area contributed by atoms with Gasteiger partial charge in [0.15, 0.2) is 0 Å². The Kier molecular flexibility index (Phi) is 8.04. The highest BCUT2D eigenvalue weighted by Gasteiger charge is 2.14. The van der Waals surface area contributed by atoms with Crippen molar-refractivity contribution < 1.29 is 0 Å². The van der Waals surface area contributed by atoms with E-state index in [2.05, 4.69) is 58.7 Å². The van der Waals surface area contributed by atoms with Crippen LogP contribution in [0.25, 0.3) is 0 Å². The predicted molar refractivity (Wildman–Crippen MR) is 73.8 cm³/mol. The predicted octanol–water partition coefficient (Wildman–Crippen LogP) is 2.99. The van der Waals surface area contributed by atoms with Gasteiger partial charge < -0.3 is 10.2 Å². The van der Waals surface area contributed by atoms with E-state index in [0.29, 0.717) is 12.1 Å². The lowest BCUT2D eigenvalue weighted by Gasteiger charge is -2.31. The molecule has 0 aliphatic heterocycles. The van der Waals surface area contributed by atoms with E-state index in [1.807, 2.05) is 0 Å². The van der Waals surface area contributed by atoms with Gasteiger partial charge in [0.2, 0.25) is 0 Å². The van der Waals surface area contributed by atoms with Gasteiger partial charge in [-0.3, -0.25) is 0 Å². The van der Waals surface area contributed by atoms with Gasteiger partial charge in [-0.15, -0.1) is 0 Å². The van der Waals surface area contributed by atoms with Crippen LogP contribution >= 0.6 is 0 Å². The summed E-state index contributed by atoms with van der Waals surface area (Å²) in [6, 6.07) is 1.25. The number of nitrogens with zero attached hydrogens (tertiary/aromatic N) is 1. The van der Waals surface area contributed by atoms with Gasteiger partial charge in [-0.2, -0.15) is 0 Å². The van der Waals surface area contributed by atoms with Crippen molar-refractivity contribution >= 4 is 0 Å². The SMILES string of the molecule is CC(C)CN(CC(C)CNC(C)C)C(C)C. The second-order valence-electron chi connectivity index (χ2n) is 6.11. The fourth-order valence-corrected chi connectivity index (χ4v) is 1.87. The number of rotatable bonds is 8. The van der Waals surface area contributed by atoms with E-state index < -0.39 is 0 Å². The molecule has 0 aromatic rings. The first kappa shape index (κ1) is 15.9. The Morgan fingerprint density at radius 1 is 0.875 bits per heavy atom. The van der Waals surface area contributed by atoms with Crippen LogP contribution in [0.15, 0.2) is 0 Å². The Hall–Kier alpha value is -0.0800. The highest BCUT2D eigenvalue weighted by atomic mass is 15.1. The lowest BCUT2D eigenvalue weighted by Crippen LogP contribution is -2.40. The molecular weight excluding hydrogens is 196 g/mol. The average Bonchev–Trinajstić information content (AvgIpc) is 2.12. The Balaban J connectivity index is 3.98. The maximum atomic E-state index is 3.52. The van der Waals surface area contributed by atoms with Gasteiger partial charge in [-0.1, -0.05) is 34.6 Å². The first-order valence-electron chi connectivity index (χ1n) is 6.80. The van der Waals surface area contributed by atoms with Crippen molar-refractivity contribution in [2.75, 3.05) is 19.6 Å². The molecule has 0 spiro atoms. The van der Waals surface area contributed by atoms with Crippen molar-refractivity contribution in [2.24, 2.45) is 11.8 Å². The first-order chi connectivity index (χ1) is 7.32. The molecule has 0 aliphatic carbocycles. The van der Waals surface area contributed by atoms with Gasteiger partial charge in [0, 0.05) is 25.2 Å². The van der Waals surface area contributed by atoms with Crippen LogP contribution in [0.5, 0.6) is 0 Å². The number of nitrogens with one attached hydrogen (secondary N) is 1. The molecule has 0 heterocycles. The normalized spacial score (nSPS) is 14.4. The summed E-state index contributed by atoms with van der Waals surface area (Å²) in [5.41, 5.74) is 0. The monoisotopic (exact) mass is 228 g/mol. The third-order valence-corrected chi connectivity index (χ3v) is 2.75. The molecule has 0 rings (SSSR count). The second-order valence-corrected chi connectivity index (χ2v) is 6.11. The summed E-state index contributed by atoms with van der Waals surface area (Å²) in [6.07, 6.45) is 0. The summed E-state index contributed by atoms with van der Waals surface area (Å²) >= 11 is 0. The molecule has 2 heteroatoms. The third kappa shape index (κ3) is 8.12. The van der Waals surface area contributed by atoms with Crippen LogP contribution in [-0.2, 0) is 0 Å². The number of hydrogen-bond donors (Lipinski definition) is 1. The summed E-state index contributed by atoms with van der Waals surface area (Å²) in [7, 11) is 0. The summed E-state index contributed by atoms with van der Waals surface area (Å²) in [6.45, 7) is 19.5. The molecule has 0 amide bonds. The van der Waals surface area contributed by atoms with Crippen molar-refractivity contribution in [3.05, 3.63) is 0 Å². The maximum absolute atomic E-state index is 3.52. The average molecular weight is 228 g/mol. The van der Waals surface area contributed by atoms with Gasteiger partial charge in [-0.05, 0) is 32.2 Å². The summed E-state index contributed by atoms with van der Waals surface area (Å²) < 4.78 is 0. The largest absolute Gasteiger partial charge is 0.314 e. The third-order valence-electron chi connectivity index (χ3n) is 2.75. The van der Waals surface area contributed by atoms with Crippen LogP contribution in [0.4, 0.5) is 0 Å². The lowest BCUT2D eigenvalue weighted by atomic mass is 10.1. The minimum Gasteiger partial charge on any atom is -0.314 e. The van der Waals surface area contributed by atoms with Crippen molar-refractivity contribution in [1.29, 1.82) is 0 Å². The minimum atomic E-state index is 0.597. The van der Waals surface area contributed by atoms with Crippen LogP contribution in [-0.4, -0.2) is 36.6 Å². The van der Waals surface area contributed by atoms with Crippen molar-refractivity contribution in [1.82, 2.24) is 10.2 Å². The van der Waals surface area contributed by atoms with Gasteiger partial charge in [0.25, 0.3) is 0 Å². The molecule has 0 bridgehead atoms. The van der Waals surface area contributed by atoms with E-state index in [4.69, 9.17) is 0 Å². The highest BCUT2D eigenvalue weighted by Crippen LogP contribution is 2.08. The molecule has 0 saturated heterocycles. The Morgan fingerprint density at radius 3 is 1.81 bits per heavy atom. The smallest absolute Gasteiger partial charge is 0.00388 e. The summed E-state index contributed by atoms with van der Waals surface area (Å²) in [4.78, 5) is 2.59. The molecule has 1 atom stereocenters. The van der Waals surface area contributed by atoms with Crippen molar-refractivity contribution in [3.8, 4) is 0 Å². The quantitative estimate of drug-likeness (QED) is 0.687. The molecule has 0 aliphatic rings. The molecule has 0 saturated carbocycles. The molecule has 0 fully saturated rings. The summed E-state index contributed by atoms with van der Waals surface area (Å²) in [5, 5.41) is 3.52. The van der Waals surface area contributed by atoms with E-state index in [-0.39, 0.29) is 0 Å². The molecule has 0 aromatic heterocycles. The van der Waals surface area contributed by atoms with Gasteiger partial charge >= 0.3 is 0 Å². The van der Waals surface area contributed by atoms with Crippen LogP contribution < -0.4 is 5.32 Å². The maximum Gasteiger partial charge on any atom is 0.00388 e. The molecule has 1 unspecified atom stereocenters. The molecular formula is C14H32N2. The standard InChI is InChI=1S/C14H32N2/c1-11(2)9-16(13(5)6)10-14(7)8-15-12(3)4/h11-15H,8-10H2,1-7H3. The molecule has 0 radical (unpaired) electrons. The lowest BCUT2D eigenvalue weighted by molar-refractivity contribution is 0.170. The van der Waals surface area contributed by atoms with Gasteiger partial charge in [0.05, 0.1) is 0 Å². The van der Waals surface area contributed by atoms with Gasteiger partial charge in [-0.25, -0.2) is 0 Å². The van der Waals surface area contributed by atoms with E-state index in [9.17, 15) is 0 Å². The van der Waals surface area contributed by atoms with Crippen LogP contribution in [0.1, 0.15) is 48.5 Å². The Bertz CT molecular complexity index is 164. The zero-order chi connectivity index (χ0) is 12.7. The van der Waals surface area contributed by atoms with Crippen molar-refractivity contribution in [3.63, 3.8) is 0 Å². The molecule has 0 aromatic carbocycles. The van der Waals surface area contributed by atoms with E-state index in [1.54, 1.807) is 0 Å². The zero-order valence-corrected chi connectivity index (χ0v) is 12.4. The second kappa shape index (κ2) is 8.08. The van der Waals surface area contributed by atoms with E-state index >= 15 is 0 Å². The topological polar surface area (TPSA) is 15.3 Å². The minimum absolute atomic E-state index is 0.597. The fourth-order valence-electron chi connectivity index (χ4n) is 1.87. The molecule has 1 N–H and O–H groups in total. The Labute approximate surface area is 103 Å². The summed E-state index contributed by atoms with van der Waals surface area (Å²) in [5.74, 6) is 1.48. The van der Waals surface area contributed by atoms with Crippen LogP contribution in [0, 0.1) is 11.8 Å². The molecule has 98 valence electrons. The van der Waals surface area contributed by atoms with E-state index in [1.165, 1.54) is 13.1 Å². The fraction of sp³-hybridized carbons (Fsp3) is 1.00. The zero-order valence-electron chi connectivity index (χ0n) is 12.4. The molecule has 2 nitrogen and oxygen atoms in total. The van der Waals surface area contributed by atoms with Crippen LogP contribution in [0.3, 0.4) is 0 Å². The van der Waals surface area contributed by atoms with Crippen molar-refractivity contribution in [2.45, 2.75) is 60.5 Å².